The fraction of sp³-hybridized carbons (Fsp3) is 0.462. The summed E-state index contributed by atoms with van der Waals surface area (Å²) < 4.78 is 10.0. The van der Waals surface area contributed by atoms with E-state index < -0.39 is 0 Å². The summed E-state index contributed by atoms with van der Waals surface area (Å²) in [5.74, 6) is 1.55. The molecule has 0 saturated carbocycles. The maximum absolute atomic E-state index is 5.62. The topological polar surface area (TPSA) is 54.4 Å². The van der Waals surface area contributed by atoms with Crippen LogP contribution in [0.2, 0.25) is 0 Å². The Hall–Kier alpha value is -1.89. The molecule has 0 fully saturated rings. The van der Waals surface area contributed by atoms with Gasteiger partial charge in [-0.1, -0.05) is 0 Å². The van der Waals surface area contributed by atoms with Crippen molar-refractivity contribution in [1.29, 1.82) is 0 Å². The number of hydrogen-bond acceptors (Lipinski definition) is 7. The zero-order chi connectivity index (χ0) is 14.1. The average molecular weight is 291 g/mol. The summed E-state index contributed by atoms with van der Waals surface area (Å²) in [4.78, 5) is 13.1. The third-order valence-electron chi connectivity index (χ3n) is 3.09. The summed E-state index contributed by atoms with van der Waals surface area (Å²) in [7, 11) is 3.95. The molecule has 1 aliphatic heterocycles. The molecule has 0 aromatic carbocycles. The quantitative estimate of drug-likeness (QED) is 0.858. The minimum absolute atomic E-state index is 0.647. The highest BCUT2D eigenvalue weighted by Crippen LogP contribution is 2.30. The van der Waals surface area contributed by atoms with Crippen LogP contribution in [0.5, 0.6) is 5.88 Å². The number of pyridine rings is 1. The van der Waals surface area contributed by atoms with E-state index in [-0.39, 0.29) is 0 Å². The first-order valence-electron chi connectivity index (χ1n) is 6.49. The number of fused-ring (bicyclic) bond motifs is 1. The van der Waals surface area contributed by atoms with Gasteiger partial charge in [0.2, 0.25) is 11.0 Å². The zero-order valence-corrected chi connectivity index (χ0v) is 12.6. The summed E-state index contributed by atoms with van der Waals surface area (Å²) in [6.07, 6.45) is 0. The van der Waals surface area contributed by atoms with Crippen LogP contribution in [0, 0.1) is 6.92 Å². The second kappa shape index (κ2) is 5.24. The van der Waals surface area contributed by atoms with Gasteiger partial charge in [0.05, 0.1) is 13.1 Å². The molecule has 6 nitrogen and oxygen atoms in total. The van der Waals surface area contributed by atoms with Crippen molar-refractivity contribution in [1.82, 2.24) is 14.3 Å². The average Bonchev–Trinajstić information content (AvgIpc) is 2.87. The second-order valence-electron chi connectivity index (χ2n) is 4.93. The van der Waals surface area contributed by atoms with Gasteiger partial charge in [-0.15, -0.1) is 0 Å². The lowest BCUT2D eigenvalue weighted by molar-refractivity contribution is 0.293. The van der Waals surface area contributed by atoms with E-state index in [0.717, 1.165) is 28.9 Å². The van der Waals surface area contributed by atoms with Gasteiger partial charge in [-0.2, -0.15) is 4.37 Å². The molecule has 0 N–H and O–H groups in total. The van der Waals surface area contributed by atoms with Crippen LogP contribution < -0.4 is 14.5 Å². The van der Waals surface area contributed by atoms with Crippen molar-refractivity contribution in [3.8, 4) is 5.88 Å². The normalized spacial score (nSPS) is 13.8. The Morgan fingerprint density at radius 3 is 2.95 bits per heavy atom. The fourth-order valence-electron chi connectivity index (χ4n) is 2.07. The van der Waals surface area contributed by atoms with E-state index in [9.17, 15) is 0 Å². The molecule has 3 heterocycles. The highest BCUT2D eigenvalue weighted by Gasteiger charge is 2.21. The summed E-state index contributed by atoms with van der Waals surface area (Å²) in [6.45, 7) is 4.13. The molecule has 0 spiro atoms. The smallest absolute Gasteiger partial charge is 0.237 e. The first kappa shape index (κ1) is 13.1. The maximum Gasteiger partial charge on any atom is 0.237 e. The standard InChI is InChI=1S/C13H17N5OS/c1-9-4-5-10-12(14-9)19-7-6-18(10)8-11-15-13(17(2)3)20-16-11/h4-5H,6-8H2,1-3H3. The molecule has 0 unspecified atom stereocenters. The minimum atomic E-state index is 0.647. The molecule has 1 aliphatic rings. The molecule has 0 aliphatic carbocycles. The van der Waals surface area contributed by atoms with Gasteiger partial charge < -0.3 is 14.5 Å². The monoisotopic (exact) mass is 291 g/mol. The Morgan fingerprint density at radius 2 is 2.20 bits per heavy atom. The Bertz CT molecular complexity index is 613. The maximum atomic E-state index is 5.62. The summed E-state index contributed by atoms with van der Waals surface area (Å²) in [5, 5.41) is 0.926. The lowest BCUT2D eigenvalue weighted by Gasteiger charge is -2.29. The molecule has 0 radical (unpaired) electrons. The van der Waals surface area contributed by atoms with Crippen LogP contribution in [-0.2, 0) is 6.54 Å². The molecule has 7 heteroatoms. The molecule has 3 rings (SSSR count). The predicted octanol–water partition coefficient (Wildman–Crippen LogP) is 1.71. The van der Waals surface area contributed by atoms with Crippen molar-refractivity contribution in [2.45, 2.75) is 13.5 Å². The third kappa shape index (κ3) is 2.53. The van der Waals surface area contributed by atoms with Gasteiger partial charge >= 0.3 is 0 Å². The molecular weight excluding hydrogens is 274 g/mol. The van der Waals surface area contributed by atoms with Crippen molar-refractivity contribution < 1.29 is 4.74 Å². The SMILES string of the molecule is Cc1ccc2c(n1)OCCN2Cc1nsc(N(C)C)n1. The number of hydrogen-bond donors (Lipinski definition) is 0. The van der Waals surface area contributed by atoms with Gasteiger partial charge in [0.25, 0.3) is 0 Å². The number of rotatable bonds is 3. The molecule has 0 saturated heterocycles. The van der Waals surface area contributed by atoms with E-state index >= 15 is 0 Å². The molecular formula is C13H17N5OS. The number of aromatic nitrogens is 3. The van der Waals surface area contributed by atoms with Gasteiger partial charge in [0.1, 0.15) is 12.3 Å². The number of ether oxygens (including phenoxy) is 1. The summed E-state index contributed by atoms with van der Waals surface area (Å²) in [6, 6.07) is 4.05. The Balaban J connectivity index is 1.82. The van der Waals surface area contributed by atoms with E-state index in [1.54, 1.807) is 0 Å². The van der Waals surface area contributed by atoms with Gasteiger partial charge in [-0.3, -0.25) is 0 Å². The van der Waals surface area contributed by atoms with Crippen molar-refractivity contribution in [2.75, 3.05) is 37.0 Å². The van der Waals surface area contributed by atoms with Gasteiger partial charge in [-0.05, 0) is 19.1 Å². The van der Waals surface area contributed by atoms with Gasteiger partial charge in [0, 0.05) is 31.3 Å². The van der Waals surface area contributed by atoms with E-state index in [2.05, 4.69) is 25.3 Å². The first-order valence-corrected chi connectivity index (χ1v) is 7.26. The highest BCUT2D eigenvalue weighted by atomic mass is 32.1. The van der Waals surface area contributed by atoms with Crippen molar-refractivity contribution in [2.24, 2.45) is 0 Å². The van der Waals surface area contributed by atoms with Crippen LogP contribution in [0.4, 0.5) is 10.8 Å². The van der Waals surface area contributed by atoms with E-state index in [1.807, 2.05) is 32.0 Å². The number of nitrogens with zero attached hydrogens (tertiary/aromatic N) is 5. The van der Waals surface area contributed by atoms with Crippen molar-refractivity contribution in [3.63, 3.8) is 0 Å². The molecule has 0 bridgehead atoms. The number of aryl methyl sites for hydroxylation is 1. The molecule has 2 aromatic heterocycles. The first-order chi connectivity index (χ1) is 9.63. The Morgan fingerprint density at radius 1 is 1.35 bits per heavy atom. The molecule has 106 valence electrons. The third-order valence-corrected chi connectivity index (χ3v) is 4.01. The van der Waals surface area contributed by atoms with Gasteiger partial charge in [0.15, 0.2) is 5.82 Å². The van der Waals surface area contributed by atoms with Crippen LogP contribution in [0.15, 0.2) is 12.1 Å². The second-order valence-corrected chi connectivity index (χ2v) is 5.66. The molecule has 0 atom stereocenters. The van der Waals surface area contributed by atoms with E-state index in [4.69, 9.17) is 4.74 Å². The van der Waals surface area contributed by atoms with E-state index in [1.165, 1.54) is 11.5 Å². The lowest BCUT2D eigenvalue weighted by Crippen LogP contribution is -2.33. The van der Waals surface area contributed by atoms with E-state index in [0.29, 0.717) is 19.0 Å². The zero-order valence-electron chi connectivity index (χ0n) is 11.8. The fourth-order valence-corrected chi connectivity index (χ4v) is 2.67. The molecule has 20 heavy (non-hydrogen) atoms. The summed E-state index contributed by atoms with van der Waals surface area (Å²) in [5.41, 5.74) is 1.98. The van der Waals surface area contributed by atoms with Crippen molar-refractivity contribution in [3.05, 3.63) is 23.7 Å². The minimum Gasteiger partial charge on any atom is -0.474 e. The van der Waals surface area contributed by atoms with Crippen molar-refractivity contribution >= 4 is 22.4 Å². The Labute approximate surface area is 122 Å². The predicted molar refractivity (Wildman–Crippen MR) is 79.8 cm³/mol. The summed E-state index contributed by atoms with van der Waals surface area (Å²) >= 11 is 1.42. The largest absolute Gasteiger partial charge is 0.474 e. The molecule has 0 amide bonds. The van der Waals surface area contributed by atoms with Crippen LogP contribution in [0.3, 0.4) is 0 Å². The van der Waals surface area contributed by atoms with Crippen LogP contribution in [0.25, 0.3) is 0 Å². The van der Waals surface area contributed by atoms with Gasteiger partial charge in [-0.25, -0.2) is 9.97 Å². The van der Waals surface area contributed by atoms with Crippen LogP contribution in [-0.4, -0.2) is 41.6 Å². The number of anilines is 2. The highest BCUT2D eigenvalue weighted by molar-refractivity contribution is 7.09. The molecule has 2 aromatic rings. The van der Waals surface area contributed by atoms with Crippen LogP contribution in [0.1, 0.15) is 11.5 Å². The Kier molecular flexibility index (Phi) is 3.43. The van der Waals surface area contributed by atoms with Crippen LogP contribution >= 0.6 is 11.5 Å². The lowest BCUT2D eigenvalue weighted by atomic mass is 10.2.